The Hall–Kier alpha value is -2.07. The van der Waals surface area contributed by atoms with Crippen molar-refractivity contribution in [1.29, 1.82) is 5.26 Å². The maximum atomic E-state index is 9.32. The zero-order chi connectivity index (χ0) is 12.8. The van der Waals surface area contributed by atoms with Gasteiger partial charge >= 0.3 is 0 Å². The standard InChI is InChI=1S/C18H15N/c19-11-14-8-7-13-6-5-12-3-1-2-4-15(12)17-10-9-16(14)18(13)17/h3-7,9,14H,1-2,8,10H2/t14-/m0/s1. The first-order valence-corrected chi connectivity index (χ1v) is 7.01. The lowest BCUT2D eigenvalue weighted by Crippen LogP contribution is -2.09. The van der Waals surface area contributed by atoms with Gasteiger partial charge in [0, 0.05) is 0 Å². The Balaban J connectivity index is 1.95. The minimum absolute atomic E-state index is 0.0550. The molecule has 0 N–H and O–H groups in total. The molecule has 19 heavy (non-hydrogen) atoms. The Morgan fingerprint density at radius 2 is 1.84 bits per heavy atom. The van der Waals surface area contributed by atoms with Crippen LogP contribution in [0.25, 0.3) is 0 Å². The van der Waals surface area contributed by atoms with Gasteiger partial charge in [0.25, 0.3) is 0 Å². The molecule has 0 bridgehead atoms. The third-order valence-electron chi connectivity index (χ3n) is 4.47. The zero-order valence-electron chi connectivity index (χ0n) is 10.8. The monoisotopic (exact) mass is 245 g/mol. The molecule has 0 fully saturated rings. The fourth-order valence-corrected chi connectivity index (χ4v) is 3.57. The Morgan fingerprint density at radius 3 is 2.74 bits per heavy atom. The van der Waals surface area contributed by atoms with Gasteiger partial charge in [-0.15, -0.1) is 0 Å². The van der Waals surface area contributed by atoms with Gasteiger partial charge in [-0.3, -0.25) is 0 Å². The SMILES string of the molecule is N#C[C@@H]1CC=C2C=CC3=CCCC=C3C3=C2C1=CC3. The van der Waals surface area contributed by atoms with Crippen LogP contribution in [0.1, 0.15) is 25.7 Å². The largest absolute Gasteiger partial charge is 0.198 e. The molecule has 0 radical (unpaired) electrons. The lowest BCUT2D eigenvalue weighted by molar-refractivity contribution is 0.781. The van der Waals surface area contributed by atoms with Crippen LogP contribution in [0.2, 0.25) is 0 Å². The molecule has 92 valence electrons. The highest BCUT2D eigenvalue weighted by atomic mass is 14.4. The van der Waals surface area contributed by atoms with E-state index < -0.39 is 0 Å². The summed E-state index contributed by atoms with van der Waals surface area (Å²) in [6, 6.07) is 2.45. The quantitative estimate of drug-likeness (QED) is 0.624. The lowest BCUT2D eigenvalue weighted by atomic mass is 9.81. The summed E-state index contributed by atoms with van der Waals surface area (Å²) in [4.78, 5) is 0. The molecule has 0 heterocycles. The average molecular weight is 245 g/mol. The number of hydrogen-bond donors (Lipinski definition) is 0. The maximum absolute atomic E-state index is 9.32. The molecule has 0 aromatic carbocycles. The van der Waals surface area contributed by atoms with Crippen molar-refractivity contribution in [3.05, 3.63) is 69.9 Å². The molecule has 0 amide bonds. The van der Waals surface area contributed by atoms with E-state index in [2.05, 4.69) is 42.5 Å². The van der Waals surface area contributed by atoms with Crippen molar-refractivity contribution in [2.45, 2.75) is 25.7 Å². The summed E-state index contributed by atoms with van der Waals surface area (Å²) in [7, 11) is 0. The van der Waals surface area contributed by atoms with E-state index in [9.17, 15) is 5.26 Å². The van der Waals surface area contributed by atoms with E-state index in [1.807, 2.05) is 0 Å². The lowest BCUT2D eigenvalue weighted by Gasteiger charge is -2.21. The molecule has 4 rings (SSSR count). The van der Waals surface area contributed by atoms with E-state index in [1.54, 1.807) is 0 Å². The molecule has 0 unspecified atom stereocenters. The topological polar surface area (TPSA) is 23.8 Å². The summed E-state index contributed by atoms with van der Waals surface area (Å²) in [5, 5.41) is 9.32. The third kappa shape index (κ3) is 1.47. The second-order valence-corrected chi connectivity index (χ2v) is 5.48. The van der Waals surface area contributed by atoms with Gasteiger partial charge in [0.1, 0.15) is 0 Å². The zero-order valence-corrected chi connectivity index (χ0v) is 10.8. The van der Waals surface area contributed by atoms with E-state index in [1.165, 1.54) is 33.4 Å². The Morgan fingerprint density at radius 1 is 1.00 bits per heavy atom. The van der Waals surface area contributed by atoms with Gasteiger partial charge < -0.3 is 0 Å². The molecular weight excluding hydrogens is 230 g/mol. The molecule has 1 heteroatoms. The fraction of sp³-hybridized carbons (Fsp3) is 0.278. The Labute approximate surface area is 113 Å². The maximum Gasteiger partial charge on any atom is 0.0750 e. The van der Waals surface area contributed by atoms with Gasteiger partial charge in [-0.05, 0) is 59.1 Å². The highest BCUT2D eigenvalue weighted by Crippen LogP contribution is 2.47. The fourth-order valence-electron chi connectivity index (χ4n) is 3.57. The molecule has 0 aliphatic heterocycles. The minimum atomic E-state index is 0.0550. The number of nitrogens with zero attached hydrogens (tertiary/aromatic N) is 1. The number of allylic oxidation sites excluding steroid dienone is 12. The molecule has 0 saturated carbocycles. The summed E-state index contributed by atoms with van der Waals surface area (Å²) in [6.07, 6.45) is 17.8. The summed E-state index contributed by atoms with van der Waals surface area (Å²) >= 11 is 0. The highest BCUT2D eigenvalue weighted by Gasteiger charge is 2.32. The van der Waals surface area contributed by atoms with Gasteiger partial charge in [-0.2, -0.15) is 5.26 Å². The van der Waals surface area contributed by atoms with Crippen molar-refractivity contribution in [2.24, 2.45) is 5.92 Å². The number of hydrogen-bond acceptors (Lipinski definition) is 1. The van der Waals surface area contributed by atoms with Crippen LogP contribution in [0.4, 0.5) is 0 Å². The molecule has 1 nitrogen and oxygen atoms in total. The number of fused-ring (bicyclic) bond motifs is 2. The van der Waals surface area contributed by atoms with Crippen molar-refractivity contribution in [3.8, 4) is 6.07 Å². The van der Waals surface area contributed by atoms with Crippen molar-refractivity contribution in [1.82, 2.24) is 0 Å². The molecule has 4 aliphatic carbocycles. The second-order valence-electron chi connectivity index (χ2n) is 5.48. The molecule has 0 saturated heterocycles. The van der Waals surface area contributed by atoms with Crippen molar-refractivity contribution >= 4 is 0 Å². The van der Waals surface area contributed by atoms with Crippen LogP contribution in [-0.2, 0) is 0 Å². The molecule has 0 aromatic rings. The van der Waals surface area contributed by atoms with E-state index in [0.717, 1.165) is 25.7 Å². The van der Waals surface area contributed by atoms with E-state index >= 15 is 0 Å². The van der Waals surface area contributed by atoms with Gasteiger partial charge in [0.15, 0.2) is 0 Å². The summed E-state index contributed by atoms with van der Waals surface area (Å²) < 4.78 is 0. The van der Waals surface area contributed by atoms with Crippen molar-refractivity contribution in [2.75, 3.05) is 0 Å². The van der Waals surface area contributed by atoms with Crippen LogP contribution in [0.15, 0.2) is 69.9 Å². The highest BCUT2D eigenvalue weighted by molar-refractivity contribution is 5.72. The first-order valence-electron chi connectivity index (χ1n) is 7.01. The molecular formula is C18H15N. The first-order chi connectivity index (χ1) is 9.38. The van der Waals surface area contributed by atoms with E-state index in [-0.39, 0.29) is 5.92 Å². The molecule has 0 aromatic heterocycles. The van der Waals surface area contributed by atoms with Crippen LogP contribution in [0, 0.1) is 17.2 Å². The average Bonchev–Trinajstić information content (AvgIpc) is 2.83. The smallest absolute Gasteiger partial charge is 0.0750 e. The molecule has 0 spiro atoms. The molecule has 1 atom stereocenters. The van der Waals surface area contributed by atoms with Crippen LogP contribution >= 0.6 is 0 Å². The van der Waals surface area contributed by atoms with Crippen molar-refractivity contribution < 1.29 is 0 Å². The van der Waals surface area contributed by atoms with Crippen molar-refractivity contribution in [3.63, 3.8) is 0 Å². The Bertz CT molecular complexity index is 684. The van der Waals surface area contributed by atoms with E-state index in [4.69, 9.17) is 0 Å². The van der Waals surface area contributed by atoms with Gasteiger partial charge in [0.05, 0.1) is 12.0 Å². The van der Waals surface area contributed by atoms with Gasteiger partial charge in [0.2, 0.25) is 0 Å². The van der Waals surface area contributed by atoms with Crippen LogP contribution in [0.5, 0.6) is 0 Å². The summed E-state index contributed by atoms with van der Waals surface area (Å²) in [6.45, 7) is 0. The third-order valence-corrected chi connectivity index (χ3v) is 4.47. The van der Waals surface area contributed by atoms with Gasteiger partial charge in [-0.1, -0.05) is 36.5 Å². The molecule has 4 aliphatic rings. The van der Waals surface area contributed by atoms with Crippen LogP contribution in [0.3, 0.4) is 0 Å². The van der Waals surface area contributed by atoms with Crippen LogP contribution < -0.4 is 0 Å². The number of rotatable bonds is 0. The second kappa shape index (κ2) is 3.96. The van der Waals surface area contributed by atoms with E-state index in [0.29, 0.717) is 0 Å². The first kappa shape index (κ1) is 10.8. The number of nitriles is 1. The van der Waals surface area contributed by atoms with Gasteiger partial charge in [-0.25, -0.2) is 0 Å². The Kier molecular flexibility index (Phi) is 2.26. The minimum Gasteiger partial charge on any atom is -0.198 e. The predicted molar refractivity (Wildman–Crippen MR) is 76.1 cm³/mol. The van der Waals surface area contributed by atoms with Crippen LogP contribution in [-0.4, -0.2) is 0 Å². The predicted octanol–water partition coefficient (Wildman–Crippen LogP) is 4.30. The summed E-state index contributed by atoms with van der Waals surface area (Å²) in [5.74, 6) is 0.0550. The summed E-state index contributed by atoms with van der Waals surface area (Å²) in [5.41, 5.74) is 8.16. The normalized spacial score (nSPS) is 27.4.